The zero-order chi connectivity index (χ0) is 19.2. The van der Waals surface area contributed by atoms with Gasteiger partial charge in [0, 0.05) is 23.9 Å². The molecule has 27 heavy (non-hydrogen) atoms. The summed E-state index contributed by atoms with van der Waals surface area (Å²) in [5.74, 6) is 0.946. The summed E-state index contributed by atoms with van der Waals surface area (Å²) in [6.45, 7) is 0.616. The van der Waals surface area contributed by atoms with Crippen LogP contribution in [0.3, 0.4) is 0 Å². The van der Waals surface area contributed by atoms with E-state index in [1.807, 2.05) is 18.2 Å². The number of nitrogens with one attached hydrogen (secondary N) is 1. The molecule has 7 nitrogen and oxygen atoms in total. The fourth-order valence-corrected chi connectivity index (χ4v) is 2.85. The van der Waals surface area contributed by atoms with Crippen molar-refractivity contribution < 1.29 is 23.8 Å². The van der Waals surface area contributed by atoms with Gasteiger partial charge in [-0.1, -0.05) is 12.1 Å². The molecule has 0 saturated carbocycles. The van der Waals surface area contributed by atoms with Crippen molar-refractivity contribution in [3.63, 3.8) is 0 Å². The van der Waals surface area contributed by atoms with E-state index in [-0.39, 0.29) is 24.5 Å². The van der Waals surface area contributed by atoms with Crippen molar-refractivity contribution in [3.8, 4) is 11.5 Å². The minimum atomic E-state index is -0.302. The molecule has 0 spiro atoms. The van der Waals surface area contributed by atoms with Gasteiger partial charge in [-0.15, -0.1) is 0 Å². The first kappa shape index (κ1) is 18.7. The molecule has 1 saturated heterocycles. The molecule has 2 aromatic carbocycles. The van der Waals surface area contributed by atoms with Crippen LogP contribution in [-0.2, 0) is 9.53 Å². The Morgan fingerprint density at radius 3 is 2.59 bits per heavy atom. The molecule has 142 valence electrons. The molecule has 1 N–H and O–H groups in total. The molecular weight excluding hydrogens is 348 g/mol. The van der Waals surface area contributed by atoms with Crippen molar-refractivity contribution in [1.29, 1.82) is 0 Å². The SMILES string of the molecule is COc1cccc(C(=O)NCC2CN(c3cccc(OC)c3)C(=O)CO2)c1. The molecule has 1 heterocycles. The van der Waals surface area contributed by atoms with Gasteiger partial charge in [-0.3, -0.25) is 9.59 Å². The number of morpholine rings is 1. The molecule has 0 aromatic heterocycles. The van der Waals surface area contributed by atoms with E-state index in [4.69, 9.17) is 14.2 Å². The van der Waals surface area contributed by atoms with Crippen LogP contribution in [-0.4, -0.2) is 51.8 Å². The summed E-state index contributed by atoms with van der Waals surface area (Å²) in [5.41, 5.74) is 1.25. The van der Waals surface area contributed by atoms with E-state index in [2.05, 4.69) is 5.32 Å². The van der Waals surface area contributed by atoms with Crippen LogP contribution >= 0.6 is 0 Å². The molecular formula is C20H22N2O5. The number of benzene rings is 2. The van der Waals surface area contributed by atoms with Crippen LogP contribution in [0.25, 0.3) is 0 Å². The third kappa shape index (κ3) is 4.57. The monoisotopic (exact) mass is 370 g/mol. The fraction of sp³-hybridized carbons (Fsp3) is 0.300. The van der Waals surface area contributed by atoms with Gasteiger partial charge in [-0.2, -0.15) is 0 Å². The minimum absolute atomic E-state index is 0.0308. The first-order valence-corrected chi connectivity index (χ1v) is 8.59. The zero-order valence-corrected chi connectivity index (χ0v) is 15.3. The molecule has 0 radical (unpaired) electrons. The van der Waals surface area contributed by atoms with Gasteiger partial charge in [0.1, 0.15) is 18.1 Å². The Labute approximate surface area is 157 Å². The standard InChI is InChI=1S/C20H22N2O5/c1-25-16-7-3-5-14(9-16)20(24)21-11-18-12-22(19(23)13-27-18)15-6-4-8-17(10-15)26-2/h3-10,18H,11-13H2,1-2H3,(H,21,24). The van der Waals surface area contributed by atoms with Gasteiger partial charge in [0.05, 0.1) is 26.9 Å². The Hall–Kier alpha value is -3.06. The van der Waals surface area contributed by atoms with Gasteiger partial charge in [0.2, 0.25) is 0 Å². The highest BCUT2D eigenvalue weighted by Crippen LogP contribution is 2.23. The van der Waals surface area contributed by atoms with Gasteiger partial charge in [-0.05, 0) is 30.3 Å². The highest BCUT2D eigenvalue weighted by molar-refractivity contribution is 5.96. The number of nitrogens with zero attached hydrogens (tertiary/aromatic N) is 1. The second-order valence-electron chi connectivity index (χ2n) is 6.08. The summed E-state index contributed by atoms with van der Waals surface area (Å²) in [6.07, 6.45) is -0.302. The number of methoxy groups -OCH3 is 2. The van der Waals surface area contributed by atoms with Crippen LogP contribution in [0.4, 0.5) is 5.69 Å². The van der Waals surface area contributed by atoms with E-state index in [1.165, 1.54) is 0 Å². The molecule has 1 aliphatic rings. The molecule has 1 atom stereocenters. The predicted octanol–water partition coefficient (Wildman–Crippen LogP) is 1.87. The first-order chi connectivity index (χ1) is 13.1. The topological polar surface area (TPSA) is 77.1 Å². The van der Waals surface area contributed by atoms with Crippen molar-refractivity contribution >= 4 is 17.5 Å². The number of amides is 2. The Morgan fingerprint density at radius 1 is 1.15 bits per heavy atom. The average molecular weight is 370 g/mol. The summed E-state index contributed by atoms with van der Waals surface area (Å²) < 4.78 is 15.9. The van der Waals surface area contributed by atoms with Crippen LogP contribution in [0.2, 0.25) is 0 Å². The molecule has 1 fully saturated rings. The Kier molecular flexibility index (Phi) is 5.93. The molecule has 0 bridgehead atoms. The summed E-state index contributed by atoms with van der Waals surface area (Å²) in [4.78, 5) is 26.2. The van der Waals surface area contributed by atoms with Crippen LogP contribution in [0.5, 0.6) is 11.5 Å². The lowest BCUT2D eigenvalue weighted by molar-refractivity contribution is -0.129. The summed E-state index contributed by atoms with van der Waals surface area (Å²) in [5, 5.41) is 2.85. The lowest BCUT2D eigenvalue weighted by Crippen LogP contribution is -2.50. The maximum Gasteiger partial charge on any atom is 0.253 e. The summed E-state index contributed by atoms with van der Waals surface area (Å²) in [7, 11) is 3.13. The molecule has 1 aliphatic heterocycles. The number of hydrogen-bond donors (Lipinski definition) is 1. The molecule has 3 rings (SSSR count). The Balaban J connectivity index is 1.62. The van der Waals surface area contributed by atoms with Gasteiger partial charge in [0.25, 0.3) is 11.8 Å². The summed E-state index contributed by atoms with van der Waals surface area (Å²) >= 11 is 0. The lowest BCUT2D eigenvalue weighted by atomic mass is 10.2. The number of carbonyl (C=O) groups excluding carboxylic acids is 2. The highest BCUT2D eigenvalue weighted by Gasteiger charge is 2.28. The van der Waals surface area contributed by atoms with Crippen molar-refractivity contribution in [1.82, 2.24) is 5.32 Å². The van der Waals surface area contributed by atoms with E-state index in [0.29, 0.717) is 30.2 Å². The van der Waals surface area contributed by atoms with Crippen molar-refractivity contribution in [2.24, 2.45) is 0 Å². The maximum absolute atomic E-state index is 12.3. The van der Waals surface area contributed by atoms with Crippen molar-refractivity contribution in [3.05, 3.63) is 54.1 Å². The van der Waals surface area contributed by atoms with Gasteiger partial charge >= 0.3 is 0 Å². The van der Waals surface area contributed by atoms with Gasteiger partial charge in [-0.25, -0.2) is 0 Å². The second-order valence-corrected chi connectivity index (χ2v) is 6.08. The van der Waals surface area contributed by atoms with Gasteiger partial charge < -0.3 is 24.4 Å². The first-order valence-electron chi connectivity index (χ1n) is 8.59. The van der Waals surface area contributed by atoms with E-state index >= 15 is 0 Å². The Morgan fingerprint density at radius 2 is 1.85 bits per heavy atom. The van der Waals surface area contributed by atoms with Crippen LogP contribution in [0, 0.1) is 0 Å². The maximum atomic E-state index is 12.3. The van der Waals surface area contributed by atoms with Crippen molar-refractivity contribution in [2.45, 2.75) is 6.10 Å². The van der Waals surface area contributed by atoms with Crippen LogP contribution in [0.15, 0.2) is 48.5 Å². The smallest absolute Gasteiger partial charge is 0.253 e. The third-order valence-electron chi connectivity index (χ3n) is 4.32. The van der Waals surface area contributed by atoms with Crippen molar-refractivity contribution in [2.75, 3.05) is 38.8 Å². The zero-order valence-electron chi connectivity index (χ0n) is 15.3. The van der Waals surface area contributed by atoms with Gasteiger partial charge in [0.15, 0.2) is 0 Å². The number of ether oxygens (including phenoxy) is 3. The number of anilines is 1. The molecule has 2 amide bonds. The number of carbonyl (C=O) groups is 2. The van der Waals surface area contributed by atoms with E-state index < -0.39 is 0 Å². The van der Waals surface area contributed by atoms with E-state index in [9.17, 15) is 9.59 Å². The predicted molar refractivity (Wildman–Crippen MR) is 100 cm³/mol. The number of hydrogen-bond acceptors (Lipinski definition) is 5. The highest BCUT2D eigenvalue weighted by atomic mass is 16.5. The quantitative estimate of drug-likeness (QED) is 0.840. The lowest BCUT2D eigenvalue weighted by Gasteiger charge is -2.33. The normalized spacial score (nSPS) is 16.7. The van der Waals surface area contributed by atoms with Crippen LogP contribution < -0.4 is 19.7 Å². The second kappa shape index (κ2) is 8.55. The minimum Gasteiger partial charge on any atom is -0.497 e. The molecule has 7 heteroatoms. The largest absolute Gasteiger partial charge is 0.497 e. The van der Waals surface area contributed by atoms with E-state index in [1.54, 1.807) is 49.5 Å². The number of rotatable bonds is 6. The summed E-state index contributed by atoms with van der Waals surface area (Å²) in [6, 6.07) is 14.2. The van der Waals surface area contributed by atoms with Crippen LogP contribution in [0.1, 0.15) is 10.4 Å². The van der Waals surface area contributed by atoms with E-state index in [0.717, 1.165) is 5.69 Å². The molecule has 1 unspecified atom stereocenters. The molecule has 2 aromatic rings. The molecule has 0 aliphatic carbocycles. The fourth-order valence-electron chi connectivity index (χ4n) is 2.85. The third-order valence-corrected chi connectivity index (χ3v) is 4.32. The average Bonchev–Trinajstić information content (AvgIpc) is 2.73. The Bertz CT molecular complexity index is 824.